The zero-order valence-corrected chi connectivity index (χ0v) is 22.6. The van der Waals surface area contributed by atoms with Gasteiger partial charge in [0.15, 0.2) is 0 Å². The highest BCUT2D eigenvalue weighted by atomic mass is 16.3. The minimum absolute atomic E-state index is 0.0157. The van der Waals surface area contributed by atoms with Crippen molar-refractivity contribution in [3.05, 3.63) is 12.3 Å². The summed E-state index contributed by atoms with van der Waals surface area (Å²) in [5.74, 6) is 1.77. The van der Waals surface area contributed by atoms with Gasteiger partial charge in [-0.05, 0) is 64.0 Å². The lowest BCUT2D eigenvalue weighted by molar-refractivity contribution is -0.121. The lowest BCUT2D eigenvalue weighted by Crippen LogP contribution is -2.56. The third-order valence-corrected chi connectivity index (χ3v) is 8.49. The van der Waals surface area contributed by atoms with Gasteiger partial charge >= 0.3 is 0 Å². The van der Waals surface area contributed by atoms with Crippen LogP contribution in [0.1, 0.15) is 89.9 Å². The number of piperidine rings is 1. The molecule has 5 N–H and O–H groups in total. The number of nitrogens with one attached hydrogen (secondary N) is 2. The largest absolute Gasteiger partial charge is 0.395 e. The summed E-state index contributed by atoms with van der Waals surface area (Å²) in [5.41, 5.74) is 5.77. The Labute approximate surface area is 223 Å². The number of aromatic nitrogens is 2. The predicted octanol–water partition coefficient (Wildman–Crippen LogP) is 3.04. The monoisotopic (exact) mass is 515 g/mol. The lowest BCUT2D eigenvalue weighted by Gasteiger charge is -2.47. The molecular formula is C28H49N7O2. The van der Waals surface area contributed by atoms with Crippen molar-refractivity contribution < 1.29 is 9.90 Å². The molecule has 4 rings (SSSR count). The molecule has 3 fully saturated rings. The van der Waals surface area contributed by atoms with Crippen LogP contribution in [0.3, 0.4) is 0 Å². The van der Waals surface area contributed by atoms with Gasteiger partial charge in [0, 0.05) is 56.4 Å². The van der Waals surface area contributed by atoms with E-state index in [0.29, 0.717) is 31.5 Å². The van der Waals surface area contributed by atoms with Crippen molar-refractivity contribution in [1.29, 1.82) is 0 Å². The average molecular weight is 516 g/mol. The fourth-order valence-electron chi connectivity index (χ4n) is 6.40. The summed E-state index contributed by atoms with van der Waals surface area (Å²) >= 11 is 0. The van der Waals surface area contributed by atoms with Crippen LogP contribution in [0.4, 0.5) is 11.8 Å². The highest BCUT2D eigenvalue weighted by Crippen LogP contribution is 2.31. The standard InChI is InChI=1S/C28H49N7O2/c29-22(21-36)12-13-27(37)30-16-14-25-24(11-8-20-35(25)23-9-4-3-5-10-23)32-28-31-17-15-26(33-28)34-18-6-1-2-7-19-34/h15,17,22-25,36H,1-14,16,18-21,29H2,(H,30,37)(H,31,32,33)/t22-,24?,25?/m1/s1. The van der Waals surface area contributed by atoms with Crippen LogP contribution in [0.25, 0.3) is 0 Å². The Kier molecular flexibility index (Phi) is 11.2. The first-order valence-electron chi connectivity index (χ1n) is 14.9. The van der Waals surface area contributed by atoms with Gasteiger partial charge in [-0.1, -0.05) is 32.1 Å². The van der Waals surface area contributed by atoms with Crippen molar-refractivity contribution in [3.63, 3.8) is 0 Å². The first-order chi connectivity index (χ1) is 18.1. The molecule has 0 spiro atoms. The fraction of sp³-hybridized carbons (Fsp3) is 0.821. The maximum Gasteiger partial charge on any atom is 0.224 e. The molecule has 2 saturated heterocycles. The molecule has 0 radical (unpaired) electrons. The van der Waals surface area contributed by atoms with Gasteiger partial charge in [-0.15, -0.1) is 0 Å². The fourth-order valence-corrected chi connectivity index (χ4v) is 6.40. The summed E-state index contributed by atoms with van der Waals surface area (Å²) in [6.45, 7) is 3.83. The van der Waals surface area contributed by atoms with Crippen LogP contribution in [0.2, 0.25) is 0 Å². The van der Waals surface area contributed by atoms with Crippen molar-refractivity contribution in [2.75, 3.05) is 43.0 Å². The highest BCUT2D eigenvalue weighted by Gasteiger charge is 2.36. The van der Waals surface area contributed by atoms with Crippen molar-refractivity contribution in [1.82, 2.24) is 20.2 Å². The number of amides is 1. The summed E-state index contributed by atoms with van der Waals surface area (Å²) in [6.07, 6.45) is 17.5. The predicted molar refractivity (Wildman–Crippen MR) is 149 cm³/mol. The Bertz CT molecular complexity index is 811. The number of hydrogen-bond donors (Lipinski definition) is 4. The summed E-state index contributed by atoms with van der Waals surface area (Å²) in [6, 6.07) is 2.94. The maximum atomic E-state index is 12.4. The number of likely N-dealkylation sites (tertiary alicyclic amines) is 1. The first kappa shape index (κ1) is 28.0. The molecule has 9 heteroatoms. The number of anilines is 2. The van der Waals surface area contributed by atoms with Gasteiger partial charge in [-0.3, -0.25) is 9.69 Å². The number of aliphatic hydroxyl groups is 1. The van der Waals surface area contributed by atoms with Crippen LogP contribution in [0, 0.1) is 0 Å². The molecular weight excluding hydrogens is 466 g/mol. The van der Waals surface area contributed by atoms with E-state index in [1.165, 1.54) is 64.2 Å². The summed E-state index contributed by atoms with van der Waals surface area (Å²) in [7, 11) is 0. The lowest BCUT2D eigenvalue weighted by atomic mass is 9.87. The molecule has 3 heterocycles. The SMILES string of the molecule is N[C@@H](CO)CCC(=O)NCCC1C(Nc2nccc(N3CCCCCC3)n2)CCCN1C1CCCCC1. The van der Waals surface area contributed by atoms with Crippen LogP contribution in [-0.4, -0.2) is 82.8 Å². The second kappa shape index (κ2) is 14.8. The number of hydrogen-bond acceptors (Lipinski definition) is 8. The van der Waals surface area contributed by atoms with Crippen molar-refractivity contribution >= 4 is 17.7 Å². The number of aliphatic hydroxyl groups excluding tert-OH is 1. The maximum absolute atomic E-state index is 12.4. The molecule has 1 amide bonds. The van der Waals surface area contributed by atoms with E-state index in [9.17, 15) is 4.79 Å². The number of rotatable bonds is 11. The first-order valence-corrected chi connectivity index (χ1v) is 14.9. The number of carbonyl (C=O) groups excluding carboxylic acids is 1. The second-order valence-corrected chi connectivity index (χ2v) is 11.2. The van der Waals surface area contributed by atoms with Gasteiger partial charge < -0.3 is 26.4 Å². The topological polar surface area (TPSA) is 120 Å². The Hall–Kier alpha value is -1.97. The van der Waals surface area contributed by atoms with E-state index in [4.69, 9.17) is 15.8 Å². The van der Waals surface area contributed by atoms with Crippen LogP contribution in [0.15, 0.2) is 12.3 Å². The Morgan fingerprint density at radius 1 is 1.05 bits per heavy atom. The Balaban J connectivity index is 1.41. The van der Waals surface area contributed by atoms with Gasteiger partial charge in [-0.2, -0.15) is 4.98 Å². The van der Waals surface area contributed by atoms with E-state index in [2.05, 4.69) is 25.4 Å². The molecule has 3 aliphatic rings. The van der Waals surface area contributed by atoms with Crippen molar-refractivity contribution in [2.45, 2.75) is 114 Å². The van der Waals surface area contributed by atoms with E-state index in [0.717, 1.165) is 44.2 Å². The third kappa shape index (κ3) is 8.52. The normalized spacial score (nSPS) is 24.9. The zero-order valence-electron chi connectivity index (χ0n) is 22.6. The molecule has 1 aromatic heterocycles. The molecule has 208 valence electrons. The van der Waals surface area contributed by atoms with E-state index in [1.807, 2.05) is 12.3 Å². The number of nitrogens with two attached hydrogens (primary N) is 1. The van der Waals surface area contributed by atoms with Crippen LogP contribution in [0.5, 0.6) is 0 Å². The average Bonchev–Trinajstić information content (AvgIpc) is 3.23. The molecule has 2 aliphatic heterocycles. The summed E-state index contributed by atoms with van der Waals surface area (Å²) in [5, 5.41) is 16.0. The molecule has 37 heavy (non-hydrogen) atoms. The van der Waals surface area contributed by atoms with Crippen molar-refractivity contribution in [2.24, 2.45) is 5.73 Å². The second-order valence-electron chi connectivity index (χ2n) is 11.2. The molecule has 1 aromatic rings. The van der Waals surface area contributed by atoms with Crippen LogP contribution < -0.4 is 21.3 Å². The van der Waals surface area contributed by atoms with Crippen LogP contribution >= 0.6 is 0 Å². The minimum Gasteiger partial charge on any atom is -0.395 e. The summed E-state index contributed by atoms with van der Waals surface area (Å²) < 4.78 is 0. The number of carbonyl (C=O) groups is 1. The molecule has 3 atom stereocenters. The minimum atomic E-state index is -0.329. The van der Waals surface area contributed by atoms with E-state index < -0.39 is 0 Å². The molecule has 9 nitrogen and oxygen atoms in total. The molecule has 1 aliphatic carbocycles. The molecule has 0 aromatic carbocycles. The van der Waals surface area contributed by atoms with Crippen LogP contribution in [-0.2, 0) is 4.79 Å². The highest BCUT2D eigenvalue weighted by molar-refractivity contribution is 5.75. The van der Waals surface area contributed by atoms with E-state index in [-0.39, 0.29) is 24.6 Å². The Morgan fingerprint density at radius 3 is 2.57 bits per heavy atom. The number of nitrogens with zero attached hydrogens (tertiary/aromatic N) is 4. The smallest absolute Gasteiger partial charge is 0.224 e. The van der Waals surface area contributed by atoms with E-state index in [1.54, 1.807) is 0 Å². The molecule has 2 unspecified atom stereocenters. The molecule has 1 saturated carbocycles. The van der Waals surface area contributed by atoms with Gasteiger partial charge in [-0.25, -0.2) is 4.98 Å². The van der Waals surface area contributed by atoms with Crippen molar-refractivity contribution in [3.8, 4) is 0 Å². The Morgan fingerprint density at radius 2 is 1.81 bits per heavy atom. The summed E-state index contributed by atoms with van der Waals surface area (Å²) in [4.78, 5) is 27.1. The van der Waals surface area contributed by atoms with Gasteiger partial charge in [0.1, 0.15) is 5.82 Å². The quantitative estimate of drug-likeness (QED) is 0.355. The van der Waals surface area contributed by atoms with Gasteiger partial charge in [0.2, 0.25) is 11.9 Å². The van der Waals surface area contributed by atoms with E-state index >= 15 is 0 Å². The molecule has 0 bridgehead atoms. The zero-order chi connectivity index (χ0) is 25.9. The van der Waals surface area contributed by atoms with Gasteiger partial charge in [0.05, 0.1) is 6.61 Å². The third-order valence-electron chi connectivity index (χ3n) is 8.49. The van der Waals surface area contributed by atoms with Gasteiger partial charge in [0.25, 0.3) is 0 Å².